The Labute approximate surface area is 98.0 Å². The topological polar surface area (TPSA) is 35.6 Å². The van der Waals surface area contributed by atoms with Gasteiger partial charge in [0.15, 0.2) is 0 Å². The van der Waals surface area contributed by atoms with Crippen molar-refractivity contribution < 1.29 is 4.79 Å². The van der Waals surface area contributed by atoms with Crippen LogP contribution in [0.25, 0.3) is 0 Å². The fraction of sp³-hybridized carbons (Fsp3) is 0.917. The van der Waals surface area contributed by atoms with Gasteiger partial charge in [-0.2, -0.15) is 0 Å². The number of nitrogens with zero attached hydrogens (tertiary/aromatic N) is 2. The van der Waals surface area contributed by atoms with Gasteiger partial charge in [0.25, 0.3) is 0 Å². The summed E-state index contributed by atoms with van der Waals surface area (Å²) in [6, 6.07) is 1.12. The van der Waals surface area contributed by atoms with Crippen LogP contribution in [0, 0.1) is 0 Å². The minimum Gasteiger partial charge on any atom is -0.337 e. The predicted molar refractivity (Wildman–Crippen MR) is 64.3 cm³/mol. The third-order valence-electron chi connectivity index (χ3n) is 3.87. The molecule has 1 heterocycles. The van der Waals surface area contributed by atoms with Crippen LogP contribution in [0.3, 0.4) is 0 Å². The van der Waals surface area contributed by atoms with Gasteiger partial charge in [-0.3, -0.25) is 9.69 Å². The number of carbonyl (C=O) groups is 1. The molecule has 2 fully saturated rings. The van der Waals surface area contributed by atoms with E-state index in [0.29, 0.717) is 18.0 Å². The van der Waals surface area contributed by atoms with Gasteiger partial charge in [-0.15, -0.1) is 0 Å². The van der Waals surface area contributed by atoms with Crippen LogP contribution in [0.15, 0.2) is 0 Å². The fourth-order valence-electron chi connectivity index (χ4n) is 2.50. The Morgan fingerprint density at radius 2 is 2.12 bits per heavy atom. The summed E-state index contributed by atoms with van der Waals surface area (Å²) in [5.41, 5.74) is 0. The lowest BCUT2D eigenvalue weighted by molar-refractivity contribution is -0.144. The van der Waals surface area contributed by atoms with E-state index in [-0.39, 0.29) is 6.04 Å². The van der Waals surface area contributed by atoms with Gasteiger partial charge in [-0.1, -0.05) is 0 Å². The molecule has 0 bridgehead atoms. The van der Waals surface area contributed by atoms with Crippen LogP contribution < -0.4 is 5.32 Å². The maximum Gasteiger partial charge on any atom is 0.240 e. The average Bonchev–Trinajstić information content (AvgIpc) is 3.07. The van der Waals surface area contributed by atoms with Gasteiger partial charge in [-0.05, 0) is 46.8 Å². The highest BCUT2D eigenvalue weighted by atomic mass is 16.2. The van der Waals surface area contributed by atoms with Gasteiger partial charge >= 0.3 is 0 Å². The van der Waals surface area contributed by atoms with E-state index in [0.717, 1.165) is 19.5 Å². The van der Waals surface area contributed by atoms with E-state index in [1.54, 1.807) is 0 Å². The number of hydrogen-bond donors (Lipinski definition) is 1. The quantitative estimate of drug-likeness (QED) is 0.747. The molecule has 0 aromatic carbocycles. The van der Waals surface area contributed by atoms with Crippen molar-refractivity contribution in [3.8, 4) is 0 Å². The zero-order valence-corrected chi connectivity index (χ0v) is 10.6. The number of rotatable bonds is 4. The molecular formula is C12H23N3O. The van der Waals surface area contributed by atoms with Crippen LogP contribution in [0.5, 0.6) is 0 Å². The molecule has 1 aliphatic heterocycles. The first kappa shape index (κ1) is 11.9. The Hall–Kier alpha value is -0.610. The van der Waals surface area contributed by atoms with Crippen LogP contribution in [0.1, 0.15) is 26.2 Å². The second-order valence-corrected chi connectivity index (χ2v) is 5.14. The Bertz CT molecular complexity index is 265. The Balaban J connectivity index is 2.03. The normalized spacial score (nSPS) is 32.2. The summed E-state index contributed by atoms with van der Waals surface area (Å²) in [7, 11) is 4.02. The molecule has 1 saturated heterocycles. The molecule has 16 heavy (non-hydrogen) atoms. The van der Waals surface area contributed by atoms with Crippen molar-refractivity contribution in [1.82, 2.24) is 15.1 Å². The zero-order chi connectivity index (χ0) is 11.7. The third-order valence-corrected chi connectivity index (χ3v) is 3.87. The van der Waals surface area contributed by atoms with Gasteiger partial charge < -0.3 is 10.2 Å². The summed E-state index contributed by atoms with van der Waals surface area (Å²) in [5, 5.41) is 3.13. The van der Waals surface area contributed by atoms with E-state index in [1.807, 2.05) is 7.05 Å². The lowest BCUT2D eigenvalue weighted by atomic mass is 10.0. The lowest BCUT2D eigenvalue weighted by Gasteiger charge is -2.43. The minimum absolute atomic E-state index is 0.0804. The van der Waals surface area contributed by atoms with E-state index < -0.39 is 0 Å². The van der Waals surface area contributed by atoms with Crippen LogP contribution in [-0.2, 0) is 4.79 Å². The smallest absolute Gasteiger partial charge is 0.240 e. The molecule has 0 spiro atoms. The summed E-state index contributed by atoms with van der Waals surface area (Å²) in [5.74, 6) is 0.346. The molecule has 2 unspecified atom stereocenters. The highest BCUT2D eigenvalue weighted by Crippen LogP contribution is 2.31. The number of piperazine rings is 1. The molecule has 1 aliphatic carbocycles. The van der Waals surface area contributed by atoms with E-state index >= 15 is 0 Å². The van der Waals surface area contributed by atoms with Gasteiger partial charge in [0.2, 0.25) is 5.91 Å². The van der Waals surface area contributed by atoms with Crippen LogP contribution >= 0.6 is 0 Å². The molecule has 4 heteroatoms. The monoisotopic (exact) mass is 225 g/mol. The molecule has 1 amide bonds. The summed E-state index contributed by atoms with van der Waals surface area (Å²) < 4.78 is 0. The lowest BCUT2D eigenvalue weighted by Crippen LogP contribution is -2.60. The van der Waals surface area contributed by atoms with Crippen molar-refractivity contribution in [3.63, 3.8) is 0 Å². The van der Waals surface area contributed by atoms with Crippen LogP contribution in [0.4, 0.5) is 0 Å². The molecule has 1 N–H and O–H groups in total. The fourth-order valence-corrected chi connectivity index (χ4v) is 2.50. The molecule has 0 radical (unpaired) electrons. The first-order valence-corrected chi connectivity index (χ1v) is 6.32. The van der Waals surface area contributed by atoms with E-state index in [1.165, 1.54) is 12.8 Å². The van der Waals surface area contributed by atoms with Crippen molar-refractivity contribution >= 4 is 5.91 Å². The van der Waals surface area contributed by atoms with E-state index in [2.05, 4.69) is 29.1 Å². The molecule has 2 atom stereocenters. The van der Waals surface area contributed by atoms with Crippen LogP contribution in [-0.4, -0.2) is 61.0 Å². The predicted octanol–water partition coefficient (Wildman–Crippen LogP) is 0.289. The first-order chi connectivity index (χ1) is 7.65. The standard InChI is InChI=1S/C12H23N3O/c1-9-8-15(10-4-5-10)12(16)11(14(9)3)6-7-13-2/h9-11,13H,4-8H2,1-3H3. The van der Waals surface area contributed by atoms with Gasteiger partial charge in [0, 0.05) is 18.6 Å². The van der Waals surface area contributed by atoms with Gasteiger partial charge in [0.05, 0.1) is 6.04 Å². The second kappa shape index (κ2) is 4.72. The highest BCUT2D eigenvalue weighted by Gasteiger charge is 2.42. The van der Waals surface area contributed by atoms with Crippen molar-refractivity contribution in [2.45, 2.75) is 44.3 Å². The molecule has 2 aliphatic rings. The maximum absolute atomic E-state index is 12.3. The number of hydrogen-bond acceptors (Lipinski definition) is 3. The zero-order valence-electron chi connectivity index (χ0n) is 10.6. The molecule has 92 valence electrons. The Kier molecular flexibility index (Phi) is 3.50. The SMILES string of the molecule is CNCCC1C(=O)N(C2CC2)CC(C)N1C. The average molecular weight is 225 g/mol. The van der Waals surface area contributed by atoms with E-state index in [9.17, 15) is 4.79 Å². The molecular weight excluding hydrogens is 202 g/mol. The largest absolute Gasteiger partial charge is 0.337 e. The number of carbonyl (C=O) groups excluding carboxylic acids is 1. The molecule has 0 aromatic heterocycles. The summed E-state index contributed by atoms with van der Waals surface area (Å²) >= 11 is 0. The summed E-state index contributed by atoms with van der Waals surface area (Å²) in [6.45, 7) is 4.04. The first-order valence-electron chi connectivity index (χ1n) is 6.32. The van der Waals surface area contributed by atoms with Crippen molar-refractivity contribution in [3.05, 3.63) is 0 Å². The van der Waals surface area contributed by atoms with E-state index in [4.69, 9.17) is 0 Å². The minimum atomic E-state index is 0.0804. The molecule has 4 nitrogen and oxygen atoms in total. The van der Waals surface area contributed by atoms with Crippen molar-refractivity contribution in [2.75, 3.05) is 27.2 Å². The summed E-state index contributed by atoms with van der Waals surface area (Å²) in [4.78, 5) is 16.7. The van der Waals surface area contributed by atoms with Crippen LogP contribution in [0.2, 0.25) is 0 Å². The molecule has 2 rings (SSSR count). The van der Waals surface area contributed by atoms with Gasteiger partial charge in [0.1, 0.15) is 0 Å². The van der Waals surface area contributed by atoms with Crippen molar-refractivity contribution in [1.29, 1.82) is 0 Å². The molecule has 1 saturated carbocycles. The Morgan fingerprint density at radius 1 is 1.44 bits per heavy atom. The third kappa shape index (κ3) is 2.23. The molecule has 0 aromatic rings. The Morgan fingerprint density at radius 3 is 2.69 bits per heavy atom. The number of likely N-dealkylation sites (N-methyl/N-ethyl adjacent to an activating group) is 1. The number of amides is 1. The second-order valence-electron chi connectivity index (χ2n) is 5.14. The highest BCUT2D eigenvalue weighted by molar-refractivity contribution is 5.83. The van der Waals surface area contributed by atoms with Crippen molar-refractivity contribution in [2.24, 2.45) is 0 Å². The summed E-state index contributed by atoms with van der Waals surface area (Å²) in [6.07, 6.45) is 3.33. The maximum atomic E-state index is 12.3. The van der Waals surface area contributed by atoms with Gasteiger partial charge in [-0.25, -0.2) is 0 Å². The number of nitrogens with one attached hydrogen (secondary N) is 1.